The predicted molar refractivity (Wildman–Crippen MR) is 96.0 cm³/mol. The van der Waals surface area contributed by atoms with Gasteiger partial charge in [-0.2, -0.15) is 4.99 Å². The van der Waals surface area contributed by atoms with Gasteiger partial charge < -0.3 is 15.2 Å². The molecular weight excluding hydrogens is 324 g/mol. The van der Waals surface area contributed by atoms with Crippen LogP contribution in [0.3, 0.4) is 0 Å². The highest BCUT2D eigenvalue weighted by Gasteiger charge is 2.21. The number of aliphatic imine (C=N–C) groups is 1. The molecule has 1 heterocycles. The fraction of sp³-hybridized carbons (Fsp3) is 0.111. The van der Waals surface area contributed by atoms with E-state index in [-0.39, 0.29) is 11.1 Å². The van der Waals surface area contributed by atoms with Crippen molar-refractivity contribution < 1.29 is 14.3 Å². The van der Waals surface area contributed by atoms with E-state index in [0.717, 1.165) is 22.9 Å². The Morgan fingerprint density at radius 2 is 1.96 bits per heavy atom. The zero-order valence-corrected chi connectivity index (χ0v) is 13.9. The molecule has 0 bridgehead atoms. The van der Waals surface area contributed by atoms with Crippen LogP contribution in [0, 0.1) is 0 Å². The van der Waals surface area contributed by atoms with Crippen molar-refractivity contribution in [1.82, 2.24) is 0 Å². The first-order chi connectivity index (χ1) is 11.7. The van der Waals surface area contributed by atoms with Gasteiger partial charge in [-0.25, -0.2) is 0 Å². The Hall–Kier alpha value is -2.73. The minimum Gasteiger partial charge on any atom is -0.493 e. The number of benzene rings is 2. The maximum absolute atomic E-state index is 11.8. The van der Waals surface area contributed by atoms with Crippen LogP contribution >= 0.6 is 11.8 Å². The lowest BCUT2D eigenvalue weighted by Crippen LogP contribution is -2.01. The van der Waals surface area contributed by atoms with Crippen LogP contribution in [0.25, 0.3) is 6.08 Å². The summed E-state index contributed by atoms with van der Waals surface area (Å²) >= 11 is 1.15. The van der Waals surface area contributed by atoms with Crippen molar-refractivity contribution in [3.63, 3.8) is 0 Å². The van der Waals surface area contributed by atoms with Gasteiger partial charge >= 0.3 is 0 Å². The van der Waals surface area contributed by atoms with Crippen molar-refractivity contribution >= 4 is 28.9 Å². The number of nitrogens with two attached hydrogens (primary N) is 1. The molecule has 1 amide bonds. The zero-order chi connectivity index (χ0) is 16.9. The van der Waals surface area contributed by atoms with Crippen molar-refractivity contribution in [2.75, 3.05) is 7.11 Å². The molecule has 0 saturated heterocycles. The molecule has 5 nitrogen and oxygen atoms in total. The van der Waals surface area contributed by atoms with E-state index in [1.165, 1.54) is 0 Å². The molecule has 2 aromatic rings. The van der Waals surface area contributed by atoms with E-state index in [0.29, 0.717) is 23.0 Å². The average molecular weight is 340 g/mol. The molecule has 0 spiro atoms. The normalized spacial score (nSPS) is 15.5. The van der Waals surface area contributed by atoms with Gasteiger partial charge in [0.25, 0.3) is 5.91 Å². The molecule has 6 heteroatoms. The van der Waals surface area contributed by atoms with E-state index in [1.807, 2.05) is 48.5 Å². The molecule has 24 heavy (non-hydrogen) atoms. The number of rotatable bonds is 5. The molecule has 0 saturated carbocycles. The molecule has 1 aliphatic rings. The second kappa shape index (κ2) is 7.23. The van der Waals surface area contributed by atoms with Crippen molar-refractivity contribution in [2.45, 2.75) is 6.61 Å². The number of methoxy groups -OCH3 is 1. The largest absolute Gasteiger partial charge is 0.493 e. The number of para-hydroxylation sites is 1. The van der Waals surface area contributed by atoms with Crippen molar-refractivity contribution in [3.8, 4) is 11.5 Å². The third-order valence-electron chi connectivity index (χ3n) is 3.38. The first kappa shape index (κ1) is 16.1. The lowest BCUT2D eigenvalue weighted by molar-refractivity contribution is -0.113. The van der Waals surface area contributed by atoms with E-state index in [1.54, 1.807) is 13.2 Å². The number of hydrogen-bond donors (Lipinski definition) is 1. The fourth-order valence-corrected chi connectivity index (χ4v) is 2.93. The number of carbonyl (C=O) groups is 1. The molecule has 0 aromatic heterocycles. The quantitative estimate of drug-likeness (QED) is 0.846. The summed E-state index contributed by atoms with van der Waals surface area (Å²) in [6, 6.07) is 15.4. The van der Waals surface area contributed by atoms with E-state index >= 15 is 0 Å². The first-order valence-electron chi connectivity index (χ1n) is 7.29. The SMILES string of the molecule is COc1cccc(/C=C2/SC(N)=NC2=O)c1OCc1ccccc1. The Morgan fingerprint density at radius 3 is 2.62 bits per heavy atom. The number of ether oxygens (including phenoxy) is 2. The number of amidine groups is 1. The van der Waals surface area contributed by atoms with E-state index in [4.69, 9.17) is 15.2 Å². The lowest BCUT2D eigenvalue weighted by atomic mass is 10.1. The molecule has 2 N–H and O–H groups in total. The summed E-state index contributed by atoms with van der Waals surface area (Å²) in [4.78, 5) is 16.0. The Morgan fingerprint density at radius 1 is 1.17 bits per heavy atom. The summed E-state index contributed by atoms with van der Waals surface area (Å²) in [5, 5.41) is 0.251. The Balaban J connectivity index is 1.89. The number of thioether (sulfide) groups is 1. The molecule has 122 valence electrons. The predicted octanol–water partition coefficient (Wildman–Crippen LogP) is 3.20. The number of carbonyl (C=O) groups excluding carboxylic acids is 1. The zero-order valence-electron chi connectivity index (χ0n) is 13.1. The van der Waals surface area contributed by atoms with Crippen LogP contribution in [0.2, 0.25) is 0 Å². The number of hydrogen-bond acceptors (Lipinski definition) is 5. The van der Waals surface area contributed by atoms with Crippen molar-refractivity contribution in [2.24, 2.45) is 10.7 Å². The Bertz CT molecular complexity index is 816. The minimum atomic E-state index is -0.339. The van der Waals surface area contributed by atoms with Crippen LogP contribution in [0.4, 0.5) is 0 Å². The summed E-state index contributed by atoms with van der Waals surface area (Å²) in [6.45, 7) is 0.400. The third kappa shape index (κ3) is 3.60. The number of amides is 1. The van der Waals surface area contributed by atoms with Gasteiger partial charge in [-0.05, 0) is 29.5 Å². The topological polar surface area (TPSA) is 73.9 Å². The molecule has 1 aliphatic heterocycles. The molecule has 0 fully saturated rings. The second-order valence-electron chi connectivity index (χ2n) is 5.02. The molecule has 0 aliphatic carbocycles. The summed E-state index contributed by atoms with van der Waals surface area (Å²) in [6.07, 6.45) is 1.72. The first-order valence-corrected chi connectivity index (χ1v) is 8.11. The standard InChI is InChI=1S/C18H16N2O3S/c1-22-14-9-5-8-13(10-15-17(21)20-18(19)24-15)16(14)23-11-12-6-3-2-4-7-12/h2-10H,11H2,1H3,(H2,19,20,21)/b15-10+. The second-order valence-corrected chi connectivity index (χ2v) is 6.08. The maximum Gasteiger partial charge on any atom is 0.286 e. The molecule has 2 aromatic carbocycles. The lowest BCUT2D eigenvalue weighted by Gasteiger charge is -2.13. The fourth-order valence-electron chi connectivity index (χ4n) is 2.26. The van der Waals surface area contributed by atoms with Gasteiger partial charge in [-0.3, -0.25) is 4.79 Å². The highest BCUT2D eigenvalue weighted by Crippen LogP contribution is 2.35. The third-order valence-corrected chi connectivity index (χ3v) is 4.19. The van der Waals surface area contributed by atoms with Gasteiger partial charge in [0.15, 0.2) is 16.7 Å². The Labute approximate surface area is 144 Å². The van der Waals surface area contributed by atoms with E-state index in [9.17, 15) is 4.79 Å². The summed E-state index contributed by atoms with van der Waals surface area (Å²) in [5.74, 6) is 0.842. The molecule has 0 atom stereocenters. The smallest absolute Gasteiger partial charge is 0.286 e. The van der Waals surface area contributed by atoms with Crippen LogP contribution in [0.5, 0.6) is 11.5 Å². The molecule has 3 rings (SSSR count). The summed E-state index contributed by atoms with van der Waals surface area (Å²) < 4.78 is 11.3. The van der Waals surface area contributed by atoms with Crippen LogP contribution in [-0.4, -0.2) is 18.2 Å². The van der Waals surface area contributed by atoms with Gasteiger partial charge in [0.1, 0.15) is 6.61 Å². The van der Waals surface area contributed by atoms with Gasteiger partial charge in [-0.15, -0.1) is 0 Å². The van der Waals surface area contributed by atoms with Gasteiger partial charge in [-0.1, -0.05) is 42.5 Å². The summed E-state index contributed by atoms with van der Waals surface area (Å²) in [5.41, 5.74) is 7.38. The average Bonchev–Trinajstić information content (AvgIpc) is 2.91. The molecular formula is C18H16N2O3S. The van der Waals surface area contributed by atoms with Crippen LogP contribution in [0.1, 0.15) is 11.1 Å². The van der Waals surface area contributed by atoms with E-state index < -0.39 is 0 Å². The van der Waals surface area contributed by atoms with Crippen molar-refractivity contribution in [1.29, 1.82) is 0 Å². The maximum atomic E-state index is 11.8. The number of nitrogens with zero attached hydrogens (tertiary/aromatic N) is 1. The minimum absolute atomic E-state index is 0.251. The molecule has 0 radical (unpaired) electrons. The van der Waals surface area contributed by atoms with E-state index in [2.05, 4.69) is 4.99 Å². The monoisotopic (exact) mass is 340 g/mol. The van der Waals surface area contributed by atoms with Gasteiger partial charge in [0.2, 0.25) is 0 Å². The highest BCUT2D eigenvalue weighted by atomic mass is 32.2. The highest BCUT2D eigenvalue weighted by molar-refractivity contribution is 8.18. The Kier molecular flexibility index (Phi) is 4.86. The van der Waals surface area contributed by atoms with Crippen LogP contribution in [0.15, 0.2) is 58.4 Å². The van der Waals surface area contributed by atoms with Crippen LogP contribution < -0.4 is 15.2 Å². The van der Waals surface area contributed by atoms with Crippen LogP contribution in [-0.2, 0) is 11.4 Å². The molecule has 0 unspecified atom stereocenters. The summed E-state index contributed by atoms with van der Waals surface area (Å²) in [7, 11) is 1.58. The van der Waals surface area contributed by atoms with Gasteiger partial charge in [0.05, 0.1) is 12.0 Å². The van der Waals surface area contributed by atoms with Gasteiger partial charge in [0, 0.05) is 5.56 Å². The van der Waals surface area contributed by atoms with Crippen molar-refractivity contribution in [3.05, 3.63) is 64.6 Å².